The van der Waals surface area contributed by atoms with Crippen LogP contribution in [-0.4, -0.2) is 44.5 Å². The summed E-state index contributed by atoms with van der Waals surface area (Å²) in [4.78, 5) is 22.9. The van der Waals surface area contributed by atoms with Crippen molar-refractivity contribution in [2.45, 2.75) is 6.54 Å². The summed E-state index contributed by atoms with van der Waals surface area (Å²) in [5, 5.41) is 13.1. The quantitative estimate of drug-likeness (QED) is 0.314. The van der Waals surface area contributed by atoms with Crippen molar-refractivity contribution in [1.29, 1.82) is 0 Å². The van der Waals surface area contributed by atoms with Crippen molar-refractivity contribution in [3.05, 3.63) is 94.5 Å². The van der Waals surface area contributed by atoms with Crippen LogP contribution >= 0.6 is 11.6 Å². The fraction of sp³-hybridized carbons (Fsp3) is 0.125. The van der Waals surface area contributed by atoms with Gasteiger partial charge in [-0.2, -0.15) is 5.10 Å². The number of halogens is 1. The minimum atomic E-state index is -3.58. The van der Waals surface area contributed by atoms with Crippen LogP contribution in [0.15, 0.2) is 77.9 Å². The predicted molar refractivity (Wildman–Crippen MR) is 134 cm³/mol. The van der Waals surface area contributed by atoms with Crippen LogP contribution in [0.3, 0.4) is 0 Å². The molecule has 0 spiro atoms. The lowest BCUT2D eigenvalue weighted by Gasteiger charge is -2.22. The second kappa shape index (κ2) is 11.5. The molecule has 0 aliphatic heterocycles. The van der Waals surface area contributed by atoms with Crippen molar-refractivity contribution in [3.8, 4) is 5.75 Å². The Bertz CT molecular complexity index is 1310. The lowest BCUT2D eigenvalue weighted by atomic mass is 10.2. The van der Waals surface area contributed by atoms with Gasteiger partial charge in [-0.1, -0.05) is 23.7 Å². The molecule has 0 radical (unpaired) electrons. The lowest BCUT2D eigenvalue weighted by Crippen LogP contribution is -2.29. The van der Waals surface area contributed by atoms with Crippen LogP contribution < -0.4 is 14.5 Å². The molecule has 0 saturated heterocycles. The Morgan fingerprint density at radius 3 is 2.23 bits per heavy atom. The number of hydrogen-bond donors (Lipinski definition) is 2. The monoisotopic (exact) mass is 515 g/mol. The Kier molecular flexibility index (Phi) is 8.45. The van der Waals surface area contributed by atoms with Crippen LogP contribution in [0.1, 0.15) is 21.5 Å². The number of aliphatic carboxylic acids is 1. The van der Waals surface area contributed by atoms with E-state index in [1.807, 2.05) is 0 Å². The number of nitrogens with zero attached hydrogens (tertiary/aromatic N) is 2. The van der Waals surface area contributed by atoms with E-state index < -0.39 is 28.5 Å². The third-order valence-corrected chi connectivity index (χ3v) is 6.07. The van der Waals surface area contributed by atoms with Crippen LogP contribution in [0, 0.1) is 0 Å². The van der Waals surface area contributed by atoms with Crippen molar-refractivity contribution >= 4 is 45.4 Å². The molecule has 0 atom stereocenters. The molecule has 0 bridgehead atoms. The number of nitrogens with one attached hydrogen (secondary N) is 1. The highest BCUT2D eigenvalue weighted by Crippen LogP contribution is 2.22. The molecule has 0 aromatic heterocycles. The molecule has 0 unspecified atom stereocenters. The summed E-state index contributed by atoms with van der Waals surface area (Å²) in [5.74, 6) is -1.15. The van der Waals surface area contributed by atoms with E-state index in [0.717, 1.165) is 11.8 Å². The van der Waals surface area contributed by atoms with E-state index in [-0.39, 0.29) is 6.54 Å². The van der Waals surface area contributed by atoms with E-state index in [1.54, 1.807) is 60.7 Å². The molecule has 3 aromatic rings. The molecule has 3 rings (SSSR count). The summed E-state index contributed by atoms with van der Waals surface area (Å²) in [7, 11) is -3.58. The third-order valence-electron chi connectivity index (χ3n) is 4.68. The standard InChI is InChI=1S/C24H22ClN3O6S/c1-35(32,33)28(15-18-2-8-20(25)9-3-18)21-10-6-19(7-11-21)24(31)27-26-14-17-4-12-22(13-5-17)34-16-23(29)30/h2-14H,15-16H2,1H3,(H,27,31)(H,29,30)/b26-14-. The first kappa shape index (κ1) is 25.7. The van der Waals surface area contributed by atoms with E-state index >= 15 is 0 Å². The number of carboxylic acids is 1. The minimum Gasteiger partial charge on any atom is -0.482 e. The Morgan fingerprint density at radius 1 is 1.03 bits per heavy atom. The second-order valence-corrected chi connectivity index (χ2v) is 9.74. The number of rotatable bonds is 10. The maximum atomic E-state index is 12.4. The molecule has 3 aromatic carbocycles. The molecule has 1 amide bonds. The first-order valence-electron chi connectivity index (χ1n) is 10.2. The summed E-state index contributed by atoms with van der Waals surface area (Å²) in [5.41, 5.74) is 4.53. The Morgan fingerprint density at radius 2 is 1.66 bits per heavy atom. The highest BCUT2D eigenvalue weighted by atomic mass is 35.5. The van der Waals surface area contributed by atoms with E-state index in [1.165, 1.54) is 22.7 Å². The molecule has 35 heavy (non-hydrogen) atoms. The number of benzene rings is 3. The topological polar surface area (TPSA) is 125 Å². The van der Waals surface area contributed by atoms with Crippen LogP contribution in [0.4, 0.5) is 5.69 Å². The molecule has 0 heterocycles. The number of carbonyl (C=O) groups is 2. The van der Waals surface area contributed by atoms with Gasteiger partial charge < -0.3 is 9.84 Å². The third kappa shape index (κ3) is 7.83. The Balaban J connectivity index is 1.63. The molecule has 2 N–H and O–H groups in total. The number of hydrogen-bond acceptors (Lipinski definition) is 6. The first-order valence-corrected chi connectivity index (χ1v) is 12.4. The van der Waals surface area contributed by atoms with Gasteiger partial charge in [0.25, 0.3) is 5.91 Å². The molecule has 9 nitrogen and oxygen atoms in total. The van der Waals surface area contributed by atoms with E-state index in [9.17, 15) is 18.0 Å². The highest BCUT2D eigenvalue weighted by Gasteiger charge is 2.18. The van der Waals surface area contributed by atoms with Crippen molar-refractivity contribution in [3.63, 3.8) is 0 Å². The number of carboxylic acid groups (broad SMARTS) is 1. The molecule has 0 saturated carbocycles. The largest absolute Gasteiger partial charge is 0.482 e. The van der Waals surface area contributed by atoms with Crippen LogP contribution in [0.5, 0.6) is 5.75 Å². The van der Waals surface area contributed by atoms with Gasteiger partial charge in [0.15, 0.2) is 6.61 Å². The SMILES string of the molecule is CS(=O)(=O)N(Cc1ccc(Cl)cc1)c1ccc(C(=O)N/N=C\c2ccc(OCC(=O)O)cc2)cc1. The number of ether oxygens (including phenoxy) is 1. The molecule has 0 aliphatic carbocycles. The minimum absolute atomic E-state index is 0.117. The number of sulfonamides is 1. The zero-order chi connectivity index (χ0) is 25.4. The fourth-order valence-corrected chi connectivity index (χ4v) is 3.97. The zero-order valence-corrected chi connectivity index (χ0v) is 20.2. The fourth-order valence-electron chi connectivity index (χ4n) is 2.96. The summed E-state index contributed by atoms with van der Waals surface area (Å²) in [6, 6.07) is 19.5. The number of carbonyl (C=O) groups excluding carboxylic acids is 1. The molecule has 11 heteroatoms. The van der Waals surface area contributed by atoms with Crippen molar-refractivity contribution in [2.24, 2.45) is 5.10 Å². The highest BCUT2D eigenvalue weighted by molar-refractivity contribution is 7.92. The van der Waals surface area contributed by atoms with Gasteiger partial charge in [-0.25, -0.2) is 18.6 Å². The zero-order valence-electron chi connectivity index (χ0n) is 18.6. The lowest BCUT2D eigenvalue weighted by molar-refractivity contribution is -0.139. The number of hydrazone groups is 1. The first-order chi connectivity index (χ1) is 16.6. The molecular weight excluding hydrogens is 494 g/mol. The second-order valence-electron chi connectivity index (χ2n) is 7.39. The van der Waals surface area contributed by atoms with Crippen molar-refractivity contribution < 1.29 is 27.9 Å². The van der Waals surface area contributed by atoms with Crippen LogP contribution in [0.2, 0.25) is 5.02 Å². The van der Waals surface area contributed by atoms with Gasteiger partial charge in [0.05, 0.1) is 24.7 Å². The van der Waals surface area contributed by atoms with Gasteiger partial charge in [0.1, 0.15) is 5.75 Å². The van der Waals surface area contributed by atoms with Crippen molar-refractivity contribution in [2.75, 3.05) is 17.2 Å². The van der Waals surface area contributed by atoms with E-state index in [0.29, 0.717) is 27.6 Å². The summed E-state index contributed by atoms with van der Waals surface area (Å²) in [6.45, 7) is -0.322. The summed E-state index contributed by atoms with van der Waals surface area (Å²) < 4.78 is 31.0. The normalized spacial score (nSPS) is 11.3. The average molecular weight is 516 g/mol. The van der Waals surface area contributed by atoms with Crippen LogP contribution in [0.25, 0.3) is 0 Å². The molecular formula is C24H22ClN3O6S. The predicted octanol–water partition coefficient (Wildman–Crippen LogP) is 3.53. The summed E-state index contributed by atoms with van der Waals surface area (Å²) >= 11 is 5.90. The average Bonchev–Trinajstić information content (AvgIpc) is 2.82. The maximum Gasteiger partial charge on any atom is 0.341 e. The summed E-state index contributed by atoms with van der Waals surface area (Å²) in [6.07, 6.45) is 2.54. The number of anilines is 1. The van der Waals surface area contributed by atoms with Gasteiger partial charge in [-0.05, 0) is 71.8 Å². The van der Waals surface area contributed by atoms with Crippen molar-refractivity contribution in [1.82, 2.24) is 5.43 Å². The van der Waals surface area contributed by atoms with Crippen LogP contribution in [-0.2, 0) is 21.4 Å². The molecule has 182 valence electrons. The molecule has 0 fully saturated rings. The van der Waals surface area contributed by atoms with Gasteiger partial charge in [0.2, 0.25) is 10.0 Å². The number of amides is 1. The van der Waals surface area contributed by atoms with Gasteiger partial charge in [-0.3, -0.25) is 9.10 Å². The maximum absolute atomic E-state index is 12.4. The molecule has 0 aliphatic rings. The smallest absolute Gasteiger partial charge is 0.341 e. The Hall–Kier alpha value is -3.89. The van der Waals surface area contributed by atoms with Gasteiger partial charge >= 0.3 is 5.97 Å². The van der Waals surface area contributed by atoms with Gasteiger partial charge in [-0.15, -0.1) is 0 Å². The van der Waals surface area contributed by atoms with Gasteiger partial charge in [0, 0.05) is 10.6 Å². The van der Waals surface area contributed by atoms with E-state index in [4.69, 9.17) is 21.4 Å². The van der Waals surface area contributed by atoms with E-state index in [2.05, 4.69) is 10.5 Å². The Labute approximate surface area is 207 Å².